The smallest absolute Gasteiger partial charge is 0.224 e. The maximum Gasteiger partial charge on any atom is 0.224 e. The fourth-order valence-corrected chi connectivity index (χ4v) is 2.58. The fraction of sp³-hybridized carbons (Fsp3) is 0.267. The van der Waals surface area contributed by atoms with Crippen LogP contribution in [0.15, 0.2) is 41.1 Å². The van der Waals surface area contributed by atoms with E-state index in [-0.39, 0.29) is 5.91 Å². The molecule has 0 aliphatic heterocycles. The Kier molecular flexibility index (Phi) is 4.71. The maximum atomic E-state index is 11.9. The average molecular weight is 275 g/mol. The van der Waals surface area contributed by atoms with Crippen molar-refractivity contribution in [3.8, 4) is 0 Å². The monoisotopic (exact) mass is 275 g/mol. The second kappa shape index (κ2) is 6.50. The Balaban J connectivity index is 1.95. The fourth-order valence-electron chi connectivity index (χ4n) is 1.88. The highest BCUT2D eigenvalue weighted by Gasteiger charge is 2.10. The summed E-state index contributed by atoms with van der Waals surface area (Å²) in [5.41, 5.74) is 2.61. The SMILES string of the molecule is C[C@H](O)c1ccccc1NC(=O)CCc1ccsc1. The van der Waals surface area contributed by atoms with Crippen LogP contribution in [-0.2, 0) is 11.2 Å². The van der Waals surface area contributed by atoms with Gasteiger partial charge in [0.2, 0.25) is 5.91 Å². The number of thiophene rings is 1. The van der Waals surface area contributed by atoms with Crippen LogP contribution >= 0.6 is 11.3 Å². The largest absolute Gasteiger partial charge is 0.389 e. The van der Waals surface area contributed by atoms with Gasteiger partial charge in [-0.2, -0.15) is 11.3 Å². The Hall–Kier alpha value is -1.65. The number of aryl methyl sites for hydroxylation is 1. The molecular weight excluding hydrogens is 258 g/mol. The third kappa shape index (κ3) is 3.91. The minimum absolute atomic E-state index is 0.0284. The number of carbonyl (C=O) groups is 1. The summed E-state index contributed by atoms with van der Waals surface area (Å²) in [6.07, 6.45) is 0.602. The van der Waals surface area contributed by atoms with Crippen LogP contribution in [0.1, 0.15) is 30.6 Å². The third-order valence-corrected chi connectivity index (χ3v) is 3.64. The van der Waals surface area contributed by atoms with Crippen LogP contribution in [0.4, 0.5) is 5.69 Å². The van der Waals surface area contributed by atoms with Crippen molar-refractivity contribution in [3.05, 3.63) is 52.2 Å². The van der Waals surface area contributed by atoms with Crippen LogP contribution in [0.3, 0.4) is 0 Å². The van der Waals surface area contributed by atoms with Crippen molar-refractivity contribution < 1.29 is 9.90 Å². The lowest BCUT2D eigenvalue weighted by Gasteiger charge is -2.12. The molecule has 1 aromatic heterocycles. The summed E-state index contributed by atoms with van der Waals surface area (Å²) in [5, 5.41) is 16.6. The van der Waals surface area contributed by atoms with Gasteiger partial charge in [-0.15, -0.1) is 0 Å². The van der Waals surface area contributed by atoms with Gasteiger partial charge >= 0.3 is 0 Å². The zero-order valence-corrected chi connectivity index (χ0v) is 11.6. The number of anilines is 1. The minimum Gasteiger partial charge on any atom is -0.389 e. The normalized spacial score (nSPS) is 12.1. The first-order chi connectivity index (χ1) is 9.16. The predicted molar refractivity (Wildman–Crippen MR) is 78.3 cm³/mol. The van der Waals surface area contributed by atoms with Crippen molar-refractivity contribution >= 4 is 22.9 Å². The van der Waals surface area contributed by atoms with Crippen molar-refractivity contribution in [2.45, 2.75) is 25.9 Å². The van der Waals surface area contributed by atoms with Gasteiger partial charge in [-0.1, -0.05) is 18.2 Å². The molecule has 0 unspecified atom stereocenters. The first-order valence-corrected chi connectivity index (χ1v) is 7.19. The van der Waals surface area contributed by atoms with E-state index in [4.69, 9.17) is 0 Å². The number of nitrogens with one attached hydrogen (secondary N) is 1. The van der Waals surface area contributed by atoms with Crippen LogP contribution in [0.5, 0.6) is 0 Å². The predicted octanol–water partition coefficient (Wildman–Crippen LogP) is 3.37. The van der Waals surface area contributed by atoms with Crippen LogP contribution in [0.25, 0.3) is 0 Å². The number of rotatable bonds is 5. The molecule has 0 spiro atoms. The third-order valence-electron chi connectivity index (χ3n) is 2.91. The molecule has 0 bridgehead atoms. The number of hydrogen-bond donors (Lipinski definition) is 2. The van der Waals surface area contributed by atoms with Gasteiger partial charge < -0.3 is 10.4 Å². The molecule has 2 aromatic rings. The summed E-state index contributed by atoms with van der Waals surface area (Å²) in [6, 6.07) is 9.36. The van der Waals surface area contributed by atoms with Crippen molar-refractivity contribution in [1.82, 2.24) is 0 Å². The van der Waals surface area contributed by atoms with E-state index in [1.807, 2.05) is 35.7 Å². The molecule has 0 fully saturated rings. The molecule has 19 heavy (non-hydrogen) atoms. The van der Waals surface area contributed by atoms with E-state index in [1.54, 1.807) is 18.3 Å². The second-order valence-electron chi connectivity index (χ2n) is 4.44. The average Bonchev–Trinajstić information content (AvgIpc) is 2.90. The summed E-state index contributed by atoms with van der Waals surface area (Å²) in [4.78, 5) is 11.9. The van der Waals surface area contributed by atoms with Gasteiger partial charge in [0.1, 0.15) is 0 Å². The van der Waals surface area contributed by atoms with E-state index in [0.29, 0.717) is 12.1 Å². The molecule has 100 valence electrons. The lowest BCUT2D eigenvalue weighted by molar-refractivity contribution is -0.116. The molecule has 1 amide bonds. The van der Waals surface area contributed by atoms with E-state index in [2.05, 4.69) is 10.7 Å². The first-order valence-electron chi connectivity index (χ1n) is 6.24. The van der Waals surface area contributed by atoms with Gasteiger partial charge in [0.15, 0.2) is 0 Å². The zero-order chi connectivity index (χ0) is 13.7. The van der Waals surface area contributed by atoms with Crippen molar-refractivity contribution in [2.24, 2.45) is 0 Å². The standard InChI is InChI=1S/C15H17NO2S/c1-11(17)13-4-2-3-5-14(13)16-15(18)7-6-12-8-9-19-10-12/h2-5,8-11,17H,6-7H2,1H3,(H,16,18)/t11-/m0/s1. The molecule has 1 aromatic carbocycles. The summed E-state index contributed by atoms with van der Waals surface area (Å²) >= 11 is 1.64. The number of aliphatic hydroxyl groups is 1. The van der Waals surface area contributed by atoms with E-state index in [1.165, 1.54) is 5.56 Å². The van der Waals surface area contributed by atoms with Crippen LogP contribution in [0, 0.1) is 0 Å². The van der Waals surface area contributed by atoms with Gasteiger partial charge in [-0.25, -0.2) is 0 Å². The topological polar surface area (TPSA) is 49.3 Å². The van der Waals surface area contributed by atoms with E-state index < -0.39 is 6.10 Å². The van der Waals surface area contributed by atoms with Gasteiger partial charge in [0.25, 0.3) is 0 Å². The molecule has 3 nitrogen and oxygen atoms in total. The highest BCUT2D eigenvalue weighted by molar-refractivity contribution is 7.07. The molecule has 0 radical (unpaired) electrons. The Morgan fingerprint density at radius 3 is 2.84 bits per heavy atom. The molecule has 2 rings (SSSR count). The van der Waals surface area contributed by atoms with Crippen LogP contribution in [0.2, 0.25) is 0 Å². The number of amides is 1. The van der Waals surface area contributed by atoms with Gasteiger partial charge in [-0.05, 0) is 41.8 Å². The summed E-state index contributed by atoms with van der Waals surface area (Å²) < 4.78 is 0. The number of carbonyl (C=O) groups excluding carboxylic acids is 1. The molecular formula is C15H17NO2S. The molecule has 2 N–H and O–H groups in total. The minimum atomic E-state index is -0.589. The number of para-hydroxylation sites is 1. The van der Waals surface area contributed by atoms with Crippen molar-refractivity contribution in [2.75, 3.05) is 5.32 Å². The first kappa shape index (κ1) is 13.8. The molecule has 0 saturated carbocycles. The quantitative estimate of drug-likeness (QED) is 0.879. The van der Waals surface area contributed by atoms with E-state index in [0.717, 1.165) is 12.0 Å². The lowest BCUT2D eigenvalue weighted by Crippen LogP contribution is -2.14. The molecule has 1 atom stereocenters. The number of benzene rings is 1. The highest BCUT2D eigenvalue weighted by atomic mass is 32.1. The molecule has 0 aliphatic carbocycles. The summed E-state index contributed by atoms with van der Waals surface area (Å²) in [6.45, 7) is 1.69. The van der Waals surface area contributed by atoms with E-state index >= 15 is 0 Å². The molecule has 4 heteroatoms. The zero-order valence-electron chi connectivity index (χ0n) is 10.8. The molecule has 0 saturated heterocycles. The highest BCUT2D eigenvalue weighted by Crippen LogP contribution is 2.22. The Bertz CT molecular complexity index is 535. The van der Waals surface area contributed by atoms with Crippen molar-refractivity contribution in [1.29, 1.82) is 0 Å². The van der Waals surface area contributed by atoms with Gasteiger partial charge in [-0.3, -0.25) is 4.79 Å². The van der Waals surface area contributed by atoms with Gasteiger partial charge in [0.05, 0.1) is 6.10 Å². The van der Waals surface area contributed by atoms with Crippen LogP contribution in [-0.4, -0.2) is 11.0 Å². The lowest BCUT2D eigenvalue weighted by atomic mass is 10.1. The summed E-state index contributed by atoms with van der Waals surface area (Å²) in [7, 11) is 0. The van der Waals surface area contributed by atoms with Gasteiger partial charge in [0, 0.05) is 17.7 Å². The Morgan fingerprint density at radius 1 is 1.37 bits per heavy atom. The van der Waals surface area contributed by atoms with Crippen LogP contribution < -0.4 is 5.32 Å². The summed E-state index contributed by atoms with van der Waals surface area (Å²) in [5.74, 6) is -0.0284. The van der Waals surface area contributed by atoms with E-state index in [9.17, 15) is 9.90 Å². The van der Waals surface area contributed by atoms with Crippen molar-refractivity contribution in [3.63, 3.8) is 0 Å². The number of aliphatic hydroxyl groups excluding tert-OH is 1. The maximum absolute atomic E-state index is 11.9. The number of hydrogen-bond acceptors (Lipinski definition) is 3. The molecule has 0 aliphatic rings. The Morgan fingerprint density at radius 2 is 2.16 bits per heavy atom. The Labute approximate surface area is 116 Å². The second-order valence-corrected chi connectivity index (χ2v) is 5.22. The molecule has 1 heterocycles.